The number of para-hydroxylation sites is 1. The molecule has 0 unspecified atom stereocenters. The number of anilines is 6. The SMILES string of the molecule is CC1(C)c2cc(N(c3cccc4ccccc34)c3cccc4ccccc34)ccc2-c2c1c1ccc(N(c3ccccc3)c3cccc4ccccc34)cc1c1ccccc21. The third-order valence-corrected chi connectivity index (χ3v) is 13.1. The minimum atomic E-state index is -0.289. The minimum absolute atomic E-state index is 0.289. The summed E-state index contributed by atoms with van der Waals surface area (Å²) >= 11 is 0. The molecule has 2 heteroatoms. The monoisotopic (exact) mass is 778 g/mol. The van der Waals surface area contributed by atoms with Crippen LogP contribution >= 0.6 is 0 Å². The molecule has 0 atom stereocenters. The van der Waals surface area contributed by atoms with E-state index in [0.717, 1.165) is 22.7 Å². The first-order valence-electron chi connectivity index (χ1n) is 21.3. The van der Waals surface area contributed by atoms with Gasteiger partial charge in [-0.2, -0.15) is 0 Å². The zero-order valence-electron chi connectivity index (χ0n) is 34.2. The highest BCUT2D eigenvalue weighted by Gasteiger charge is 2.39. The van der Waals surface area contributed by atoms with Crippen molar-refractivity contribution in [2.24, 2.45) is 0 Å². The fourth-order valence-corrected chi connectivity index (χ4v) is 10.4. The van der Waals surface area contributed by atoms with Crippen LogP contribution in [0, 0.1) is 0 Å². The van der Waals surface area contributed by atoms with Gasteiger partial charge < -0.3 is 9.80 Å². The van der Waals surface area contributed by atoms with Crippen LogP contribution < -0.4 is 9.80 Å². The summed E-state index contributed by atoms with van der Waals surface area (Å²) in [7, 11) is 0. The van der Waals surface area contributed by atoms with Crippen LogP contribution in [0.3, 0.4) is 0 Å². The molecule has 0 saturated carbocycles. The van der Waals surface area contributed by atoms with Gasteiger partial charge in [0.2, 0.25) is 0 Å². The predicted molar refractivity (Wildman–Crippen MR) is 261 cm³/mol. The fourth-order valence-electron chi connectivity index (χ4n) is 10.4. The maximum atomic E-state index is 2.48. The van der Waals surface area contributed by atoms with Crippen molar-refractivity contribution in [2.75, 3.05) is 9.80 Å². The van der Waals surface area contributed by atoms with Gasteiger partial charge in [-0.25, -0.2) is 0 Å². The van der Waals surface area contributed by atoms with Gasteiger partial charge in [-0.1, -0.05) is 178 Å². The van der Waals surface area contributed by atoms with E-state index in [1.165, 1.54) is 87.5 Å². The molecule has 11 aromatic carbocycles. The van der Waals surface area contributed by atoms with Crippen molar-refractivity contribution in [1.29, 1.82) is 0 Å². The van der Waals surface area contributed by atoms with E-state index in [-0.39, 0.29) is 5.41 Å². The van der Waals surface area contributed by atoms with Crippen molar-refractivity contribution >= 4 is 88.0 Å². The van der Waals surface area contributed by atoms with Crippen LogP contribution in [0.4, 0.5) is 34.1 Å². The first-order chi connectivity index (χ1) is 30.0. The van der Waals surface area contributed by atoms with E-state index in [4.69, 9.17) is 0 Å². The van der Waals surface area contributed by atoms with Crippen LogP contribution in [0.15, 0.2) is 218 Å². The van der Waals surface area contributed by atoms with Crippen molar-refractivity contribution < 1.29 is 0 Å². The molecule has 0 bridgehead atoms. The highest BCUT2D eigenvalue weighted by atomic mass is 15.1. The molecule has 0 radical (unpaired) electrons. The molecule has 0 spiro atoms. The molecule has 288 valence electrons. The van der Waals surface area contributed by atoms with Crippen LogP contribution in [-0.4, -0.2) is 0 Å². The Morgan fingerprint density at radius 2 is 0.770 bits per heavy atom. The first-order valence-corrected chi connectivity index (χ1v) is 21.3. The lowest BCUT2D eigenvalue weighted by atomic mass is 9.79. The molecule has 0 aromatic heterocycles. The third-order valence-electron chi connectivity index (χ3n) is 13.1. The second-order valence-electron chi connectivity index (χ2n) is 16.9. The molecule has 1 aliphatic rings. The second kappa shape index (κ2) is 13.7. The van der Waals surface area contributed by atoms with Crippen molar-refractivity contribution in [3.63, 3.8) is 0 Å². The van der Waals surface area contributed by atoms with Crippen molar-refractivity contribution in [1.82, 2.24) is 0 Å². The average Bonchev–Trinajstić information content (AvgIpc) is 3.55. The molecule has 12 rings (SSSR count). The molecule has 0 fully saturated rings. The Balaban J connectivity index is 1.08. The Morgan fingerprint density at radius 1 is 0.311 bits per heavy atom. The van der Waals surface area contributed by atoms with Crippen LogP contribution in [0.5, 0.6) is 0 Å². The summed E-state index contributed by atoms with van der Waals surface area (Å²) in [5.74, 6) is 0. The molecule has 0 aliphatic heterocycles. The number of benzene rings is 11. The highest BCUT2D eigenvalue weighted by Crippen LogP contribution is 2.57. The molecule has 0 heterocycles. The maximum Gasteiger partial charge on any atom is 0.0540 e. The third kappa shape index (κ3) is 5.42. The van der Waals surface area contributed by atoms with Crippen molar-refractivity contribution in [3.05, 3.63) is 230 Å². The van der Waals surface area contributed by atoms with E-state index in [9.17, 15) is 0 Å². The van der Waals surface area contributed by atoms with E-state index >= 15 is 0 Å². The van der Waals surface area contributed by atoms with E-state index in [1.807, 2.05) is 0 Å². The lowest BCUT2D eigenvalue weighted by Gasteiger charge is -2.30. The standard InChI is InChI=1S/C59H42N2/c1-59(2)53-38-44(61(55-31-15-21-40-18-7-10-26-46(40)55)56-32-16-22-41-19-8-11-27-47(41)56)34-36-51(53)57-49-29-13-12-28-48(49)52-37-43(33-35-50(52)58(57)59)60(42-23-4-3-5-24-42)54-30-14-20-39-17-6-9-25-45(39)54/h3-38H,1-2H3. The quantitative estimate of drug-likeness (QED) is 0.155. The molecule has 61 heavy (non-hydrogen) atoms. The highest BCUT2D eigenvalue weighted by molar-refractivity contribution is 6.19. The van der Waals surface area contributed by atoms with Gasteiger partial charge in [0.05, 0.1) is 17.1 Å². The van der Waals surface area contributed by atoms with Crippen molar-refractivity contribution in [2.45, 2.75) is 19.3 Å². The maximum absolute atomic E-state index is 2.48. The zero-order chi connectivity index (χ0) is 40.7. The largest absolute Gasteiger partial charge is 0.310 e. The minimum Gasteiger partial charge on any atom is -0.310 e. The van der Waals surface area contributed by atoms with E-state index in [1.54, 1.807) is 0 Å². The normalized spacial score (nSPS) is 12.9. The number of hydrogen-bond donors (Lipinski definition) is 0. The fraction of sp³-hybridized carbons (Fsp3) is 0.0508. The molecule has 0 N–H and O–H groups in total. The van der Waals surface area contributed by atoms with Crippen LogP contribution in [0.2, 0.25) is 0 Å². The molecule has 11 aromatic rings. The van der Waals surface area contributed by atoms with Gasteiger partial charge >= 0.3 is 0 Å². The van der Waals surface area contributed by atoms with Gasteiger partial charge in [0.25, 0.3) is 0 Å². The molecular formula is C59H42N2. The van der Waals surface area contributed by atoms with Crippen LogP contribution in [0.25, 0.3) is 65.0 Å². The van der Waals surface area contributed by atoms with Gasteiger partial charge in [-0.3, -0.25) is 0 Å². The Labute approximate surface area is 356 Å². The molecule has 1 aliphatic carbocycles. The Kier molecular flexibility index (Phi) is 7.92. The van der Waals surface area contributed by atoms with E-state index in [0.29, 0.717) is 0 Å². The topological polar surface area (TPSA) is 6.48 Å². The summed E-state index contributed by atoms with van der Waals surface area (Å²) in [6.45, 7) is 4.85. The average molecular weight is 779 g/mol. The summed E-state index contributed by atoms with van der Waals surface area (Å²) in [5.41, 5.74) is 12.0. The second-order valence-corrected chi connectivity index (χ2v) is 16.9. The molecular weight excluding hydrogens is 737 g/mol. The lowest BCUT2D eigenvalue weighted by molar-refractivity contribution is 0.666. The number of hydrogen-bond acceptors (Lipinski definition) is 2. The smallest absolute Gasteiger partial charge is 0.0540 e. The summed E-state index contributed by atoms with van der Waals surface area (Å²) in [6.07, 6.45) is 0. The van der Waals surface area contributed by atoms with Gasteiger partial charge in [-0.15, -0.1) is 0 Å². The van der Waals surface area contributed by atoms with Crippen molar-refractivity contribution in [3.8, 4) is 11.1 Å². The summed E-state index contributed by atoms with van der Waals surface area (Å²) < 4.78 is 0. The van der Waals surface area contributed by atoms with Crippen LogP contribution in [0.1, 0.15) is 25.0 Å². The van der Waals surface area contributed by atoms with E-state index < -0.39 is 0 Å². The van der Waals surface area contributed by atoms with Gasteiger partial charge in [-0.05, 0) is 115 Å². The molecule has 0 amide bonds. The van der Waals surface area contributed by atoms with E-state index in [2.05, 4.69) is 242 Å². The molecule has 2 nitrogen and oxygen atoms in total. The summed E-state index contributed by atoms with van der Waals surface area (Å²) in [4.78, 5) is 4.91. The predicted octanol–water partition coefficient (Wildman–Crippen LogP) is 16.7. The van der Waals surface area contributed by atoms with Gasteiger partial charge in [0.1, 0.15) is 0 Å². The number of rotatable bonds is 6. The van der Waals surface area contributed by atoms with Gasteiger partial charge in [0.15, 0.2) is 0 Å². The Bertz CT molecular complexity index is 3430. The lowest BCUT2D eigenvalue weighted by Crippen LogP contribution is -2.17. The first kappa shape index (κ1) is 35.3. The number of fused-ring (bicyclic) bond motifs is 11. The summed E-state index contributed by atoms with van der Waals surface area (Å²) in [6, 6.07) is 80.3. The Hall–Kier alpha value is -7.68. The van der Waals surface area contributed by atoms with Crippen LogP contribution in [-0.2, 0) is 5.41 Å². The van der Waals surface area contributed by atoms with Gasteiger partial charge in [0, 0.05) is 38.6 Å². The number of nitrogens with zero attached hydrogens (tertiary/aromatic N) is 2. The zero-order valence-corrected chi connectivity index (χ0v) is 34.2. The summed E-state index contributed by atoms with van der Waals surface area (Å²) in [5, 5.41) is 12.5. The Morgan fingerprint density at radius 3 is 1.36 bits per heavy atom. The molecule has 0 saturated heterocycles.